The van der Waals surface area contributed by atoms with E-state index in [1.165, 1.54) is 6.07 Å². The second-order valence-corrected chi connectivity index (χ2v) is 6.84. The van der Waals surface area contributed by atoms with E-state index in [0.717, 1.165) is 22.6 Å². The SMILES string of the molecule is CCOc1ccc(-c2nc3ccc(C(=O)O)cc3nc2-c2ccc(OCC)cc2)cc1. The van der Waals surface area contributed by atoms with Crippen LogP contribution in [0.1, 0.15) is 24.2 Å². The molecular weight excluding hydrogens is 392 g/mol. The van der Waals surface area contributed by atoms with Gasteiger partial charge in [0.05, 0.1) is 41.2 Å². The van der Waals surface area contributed by atoms with E-state index in [-0.39, 0.29) is 5.56 Å². The van der Waals surface area contributed by atoms with Crippen LogP contribution in [0.4, 0.5) is 0 Å². The van der Waals surface area contributed by atoms with Gasteiger partial charge in [-0.2, -0.15) is 0 Å². The van der Waals surface area contributed by atoms with E-state index in [1.54, 1.807) is 12.1 Å². The molecule has 6 heteroatoms. The van der Waals surface area contributed by atoms with Crippen LogP contribution in [0.2, 0.25) is 0 Å². The topological polar surface area (TPSA) is 81.5 Å². The number of carbonyl (C=O) groups is 1. The fourth-order valence-corrected chi connectivity index (χ4v) is 3.34. The van der Waals surface area contributed by atoms with Crippen LogP contribution in [0.5, 0.6) is 11.5 Å². The summed E-state index contributed by atoms with van der Waals surface area (Å²) in [7, 11) is 0. The van der Waals surface area contributed by atoms with Gasteiger partial charge in [-0.1, -0.05) is 0 Å². The summed E-state index contributed by atoms with van der Waals surface area (Å²) in [6, 6.07) is 20.1. The molecule has 0 saturated heterocycles. The van der Waals surface area contributed by atoms with Crippen molar-refractivity contribution in [1.29, 1.82) is 0 Å². The number of hydrogen-bond donors (Lipinski definition) is 1. The summed E-state index contributed by atoms with van der Waals surface area (Å²) in [6.07, 6.45) is 0. The van der Waals surface area contributed by atoms with Crippen molar-refractivity contribution in [3.8, 4) is 34.0 Å². The fraction of sp³-hybridized carbons (Fsp3) is 0.160. The number of fused-ring (bicyclic) bond motifs is 1. The van der Waals surface area contributed by atoms with Crippen LogP contribution in [0.15, 0.2) is 66.7 Å². The first-order chi connectivity index (χ1) is 15.1. The minimum absolute atomic E-state index is 0.174. The van der Waals surface area contributed by atoms with Gasteiger partial charge >= 0.3 is 5.97 Å². The average molecular weight is 414 g/mol. The molecule has 0 aliphatic heterocycles. The van der Waals surface area contributed by atoms with Crippen LogP contribution in [0.25, 0.3) is 33.5 Å². The van der Waals surface area contributed by atoms with Crippen molar-refractivity contribution in [3.05, 3.63) is 72.3 Å². The number of nitrogens with zero attached hydrogens (tertiary/aromatic N) is 2. The highest BCUT2D eigenvalue weighted by Gasteiger charge is 2.15. The van der Waals surface area contributed by atoms with Gasteiger partial charge in [0.15, 0.2) is 0 Å². The van der Waals surface area contributed by atoms with Crippen LogP contribution in [-0.4, -0.2) is 34.3 Å². The first kappa shape index (κ1) is 20.3. The Hall–Kier alpha value is -3.93. The van der Waals surface area contributed by atoms with Crippen LogP contribution >= 0.6 is 0 Å². The zero-order valence-electron chi connectivity index (χ0n) is 17.3. The second kappa shape index (κ2) is 8.83. The summed E-state index contributed by atoms with van der Waals surface area (Å²) in [5.74, 6) is 0.561. The first-order valence-corrected chi connectivity index (χ1v) is 10.1. The third kappa shape index (κ3) is 4.33. The summed E-state index contributed by atoms with van der Waals surface area (Å²) in [5.41, 5.74) is 4.46. The molecule has 0 spiro atoms. The van der Waals surface area contributed by atoms with E-state index in [0.29, 0.717) is 35.6 Å². The molecule has 1 N–H and O–H groups in total. The number of aromatic nitrogens is 2. The number of carboxylic acids is 1. The van der Waals surface area contributed by atoms with Crippen molar-refractivity contribution in [2.24, 2.45) is 0 Å². The molecule has 0 saturated carbocycles. The number of benzene rings is 3. The Morgan fingerprint density at radius 3 is 1.68 bits per heavy atom. The standard InChI is InChI=1S/C25H22N2O4/c1-3-30-19-10-5-16(6-11-19)23-24(17-7-12-20(13-8-17)31-4-2)27-22-15-18(25(28)29)9-14-21(22)26-23/h5-15H,3-4H2,1-2H3,(H,28,29). The molecule has 0 fully saturated rings. The molecule has 4 rings (SSSR count). The molecule has 0 atom stereocenters. The lowest BCUT2D eigenvalue weighted by molar-refractivity contribution is 0.0697. The smallest absolute Gasteiger partial charge is 0.335 e. The second-order valence-electron chi connectivity index (χ2n) is 6.84. The molecule has 3 aromatic carbocycles. The van der Waals surface area contributed by atoms with E-state index >= 15 is 0 Å². The van der Waals surface area contributed by atoms with Crippen LogP contribution in [-0.2, 0) is 0 Å². The summed E-state index contributed by atoms with van der Waals surface area (Å²) in [5, 5.41) is 9.34. The Morgan fingerprint density at radius 1 is 0.742 bits per heavy atom. The van der Waals surface area contributed by atoms with Gasteiger partial charge in [-0.05, 0) is 80.6 Å². The number of ether oxygens (including phenoxy) is 2. The minimum Gasteiger partial charge on any atom is -0.494 e. The van der Waals surface area contributed by atoms with Crippen molar-refractivity contribution < 1.29 is 19.4 Å². The summed E-state index contributed by atoms with van der Waals surface area (Å²) in [4.78, 5) is 21.0. The normalized spacial score (nSPS) is 10.8. The highest BCUT2D eigenvalue weighted by Crippen LogP contribution is 2.33. The Morgan fingerprint density at radius 2 is 1.23 bits per heavy atom. The molecule has 4 aromatic rings. The van der Waals surface area contributed by atoms with Crippen molar-refractivity contribution in [2.75, 3.05) is 13.2 Å². The zero-order valence-corrected chi connectivity index (χ0v) is 17.3. The quantitative estimate of drug-likeness (QED) is 0.432. The number of aromatic carboxylic acids is 1. The maximum atomic E-state index is 11.4. The van der Waals surface area contributed by atoms with Gasteiger partial charge in [-0.3, -0.25) is 0 Å². The van der Waals surface area contributed by atoms with Gasteiger partial charge in [-0.15, -0.1) is 0 Å². The number of carboxylic acid groups (broad SMARTS) is 1. The number of rotatable bonds is 7. The van der Waals surface area contributed by atoms with Crippen LogP contribution < -0.4 is 9.47 Å². The Kier molecular flexibility index (Phi) is 5.80. The van der Waals surface area contributed by atoms with Crippen LogP contribution in [0, 0.1) is 0 Å². The van der Waals surface area contributed by atoms with Gasteiger partial charge in [0.2, 0.25) is 0 Å². The van der Waals surface area contributed by atoms with E-state index in [1.807, 2.05) is 62.4 Å². The lowest BCUT2D eigenvalue weighted by Gasteiger charge is -2.12. The highest BCUT2D eigenvalue weighted by molar-refractivity contribution is 5.94. The fourth-order valence-electron chi connectivity index (χ4n) is 3.34. The Labute approximate surface area is 180 Å². The molecule has 1 heterocycles. The molecule has 31 heavy (non-hydrogen) atoms. The van der Waals surface area contributed by atoms with E-state index in [4.69, 9.17) is 19.4 Å². The third-order valence-electron chi connectivity index (χ3n) is 4.79. The lowest BCUT2D eigenvalue weighted by atomic mass is 10.0. The molecule has 156 valence electrons. The number of hydrogen-bond acceptors (Lipinski definition) is 5. The molecular formula is C25H22N2O4. The molecule has 0 aliphatic carbocycles. The molecule has 0 aliphatic rings. The Bertz CT molecular complexity index is 1220. The van der Waals surface area contributed by atoms with Crippen LogP contribution in [0.3, 0.4) is 0 Å². The predicted octanol–water partition coefficient (Wildman–Crippen LogP) is 5.46. The van der Waals surface area contributed by atoms with E-state index in [9.17, 15) is 9.90 Å². The third-order valence-corrected chi connectivity index (χ3v) is 4.79. The van der Waals surface area contributed by atoms with Gasteiger partial charge in [0, 0.05) is 11.1 Å². The van der Waals surface area contributed by atoms with Crippen molar-refractivity contribution in [3.63, 3.8) is 0 Å². The van der Waals surface area contributed by atoms with Crippen molar-refractivity contribution >= 4 is 17.0 Å². The monoisotopic (exact) mass is 414 g/mol. The van der Waals surface area contributed by atoms with Crippen molar-refractivity contribution in [1.82, 2.24) is 9.97 Å². The summed E-state index contributed by atoms with van der Waals surface area (Å²) in [6.45, 7) is 5.06. The van der Waals surface area contributed by atoms with Crippen molar-refractivity contribution in [2.45, 2.75) is 13.8 Å². The molecule has 0 amide bonds. The lowest BCUT2D eigenvalue weighted by Crippen LogP contribution is -2.00. The average Bonchev–Trinajstić information content (AvgIpc) is 2.79. The summed E-state index contributed by atoms with van der Waals surface area (Å²) >= 11 is 0. The van der Waals surface area contributed by atoms with Gasteiger partial charge in [0.1, 0.15) is 11.5 Å². The molecule has 0 radical (unpaired) electrons. The summed E-state index contributed by atoms with van der Waals surface area (Å²) < 4.78 is 11.1. The van der Waals surface area contributed by atoms with Gasteiger partial charge in [0.25, 0.3) is 0 Å². The van der Waals surface area contributed by atoms with E-state index in [2.05, 4.69) is 0 Å². The van der Waals surface area contributed by atoms with Gasteiger partial charge < -0.3 is 14.6 Å². The molecule has 6 nitrogen and oxygen atoms in total. The molecule has 0 bridgehead atoms. The van der Waals surface area contributed by atoms with E-state index < -0.39 is 5.97 Å². The maximum Gasteiger partial charge on any atom is 0.335 e. The molecule has 0 unspecified atom stereocenters. The van der Waals surface area contributed by atoms with Gasteiger partial charge in [-0.25, -0.2) is 14.8 Å². The maximum absolute atomic E-state index is 11.4. The largest absolute Gasteiger partial charge is 0.494 e. The molecule has 1 aromatic heterocycles. The first-order valence-electron chi connectivity index (χ1n) is 10.1. The highest BCUT2D eigenvalue weighted by atomic mass is 16.5. The Balaban J connectivity index is 1.88. The minimum atomic E-state index is -0.998. The predicted molar refractivity (Wildman–Crippen MR) is 120 cm³/mol. The zero-order chi connectivity index (χ0) is 21.8.